The Labute approximate surface area is 121 Å². The van der Waals surface area contributed by atoms with Gasteiger partial charge in [0.15, 0.2) is 0 Å². The van der Waals surface area contributed by atoms with Crippen LogP contribution in [0.3, 0.4) is 0 Å². The molecule has 2 aromatic rings. The van der Waals surface area contributed by atoms with Gasteiger partial charge in [-0.25, -0.2) is 0 Å². The summed E-state index contributed by atoms with van der Waals surface area (Å²) < 4.78 is 5.43. The van der Waals surface area contributed by atoms with Gasteiger partial charge in [0.05, 0.1) is 12.8 Å². The number of benzene rings is 1. The van der Waals surface area contributed by atoms with E-state index in [4.69, 9.17) is 4.42 Å². The average Bonchev–Trinajstić information content (AvgIpc) is 2.92. The summed E-state index contributed by atoms with van der Waals surface area (Å²) in [6, 6.07) is 10.6. The highest BCUT2D eigenvalue weighted by atomic mass is 16.3. The lowest BCUT2D eigenvalue weighted by Crippen LogP contribution is -2.21. The Balaban J connectivity index is 2.12. The summed E-state index contributed by atoms with van der Waals surface area (Å²) in [5.74, 6) is 0.987. The van der Waals surface area contributed by atoms with Crippen molar-refractivity contribution in [2.75, 3.05) is 18.5 Å². The first-order chi connectivity index (χ1) is 9.70. The maximum atomic E-state index is 5.43. The fourth-order valence-electron chi connectivity index (χ4n) is 2.35. The van der Waals surface area contributed by atoms with Crippen LogP contribution >= 0.6 is 0 Å². The van der Waals surface area contributed by atoms with Crippen LogP contribution in [0.25, 0.3) is 0 Å². The van der Waals surface area contributed by atoms with Gasteiger partial charge in [-0.3, -0.25) is 0 Å². The molecule has 20 heavy (non-hydrogen) atoms. The number of anilines is 1. The second-order valence-corrected chi connectivity index (χ2v) is 5.24. The first-order valence-electron chi connectivity index (χ1n) is 7.24. The zero-order valence-electron chi connectivity index (χ0n) is 12.6. The Bertz CT molecular complexity index is 520. The molecule has 0 saturated heterocycles. The number of furan rings is 1. The van der Waals surface area contributed by atoms with E-state index >= 15 is 0 Å². The maximum absolute atomic E-state index is 5.43. The molecule has 0 spiro atoms. The molecule has 0 aliphatic rings. The minimum atomic E-state index is 0.789. The molecule has 0 aliphatic carbocycles. The van der Waals surface area contributed by atoms with Gasteiger partial charge >= 0.3 is 0 Å². The van der Waals surface area contributed by atoms with Crippen LogP contribution in [0, 0.1) is 6.92 Å². The molecule has 0 aliphatic heterocycles. The van der Waals surface area contributed by atoms with E-state index in [1.807, 2.05) is 12.1 Å². The third-order valence-electron chi connectivity index (χ3n) is 3.36. The van der Waals surface area contributed by atoms with E-state index in [1.54, 1.807) is 6.26 Å². The summed E-state index contributed by atoms with van der Waals surface area (Å²) in [7, 11) is 2.11. The topological polar surface area (TPSA) is 28.4 Å². The van der Waals surface area contributed by atoms with Gasteiger partial charge in [-0.1, -0.05) is 24.6 Å². The number of hydrogen-bond donors (Lipinski definition) is 1. The molecule has 108 valence electrons. The van der Waals surface area contributed by atoms with E-state index in [1.165, 1.54) is 16.8 Å². The molecule has 3 nitrogen and oxygen atoms in total. The molecule has 3 heteroatoms. The zero-order chi connectivity index (χ0) is 14.4. The Morgan fingerprint density at radius 2 is 2.10 bits per heavy atom. The van der Waals surface area contributed by atoms with E-state index in [0.717, 1.165) is 31.8 Å². The lowest BCUT2D eigenvalue weighted by molar-refractivity contribution is 0.507. The SMILES string of the molecule is CCCNCc1cc(C)ccc1N(C)Cc1ccco1. The first kappa shape index (κ1) is 14.7. The number of nitrogens with one attached hydrogen (secondary N) is 1. The summed E-state index contributed by atoms with van der Waals surface area (Å²) in [4.78, 5) is 2.24. The molecule has 1 aromatic heterocycles. The summed E-state index contributed by atoms with van der Waals surface area (Å²) in [5.41, 5.74) is 3.90. The predicted octanol–water partition coefficient (Wildman–Crippen LogP) is 3.72. The molecular weight excluding hydrogens is 248 g/mol. The minimum Gasteiger partial charge on any atom is -0.467 e. The van der Waals surface area contributed by atoms with Crippen molar-refractivity contribution in [1.29, 1.82) is 0 Å². The largest absolute Gasteiger partial charge is 0.467 e. The quantitative estimate of drug-likeness (QED) is 0.779. The third-order valence-corrected chi connectivity index (χ3v) is 3.36. The molecule has 1 heterocycles. The van der Waals surface area contributed by atoms with E-state index in [-0.39, 0.29) is 0 Å². The van der Waals surface area contributed by atoms with Crippen molar-refractivity contribution in [3.63, 3.8) is 0 Å². The van der Waals surface area contributed by atoms with Gasteiger partial charge in [-0.2, -0.15) is 0 Å². The smallest absolute Gasteiger partial charge is 0.123 e. The number of rotatable bonds is 7. The Morgan fingerprint density at radius 3 is 2.80 bits per heavy atom. The molecule has 1 N–H and O–H groups in total. The Kier molecular flexibility index (Phi) is 5.24. The van der Waals surface area contributed by atoms with Crippen molar-refractivity contribution in [3.8, 4) is 0 Å². The summed E-state index contributed by atoms with van der Waals surface area (Å²) in [6.45, 7) is 7.08. The van der Waals surface area contributed by atoms with Gasteiger partial charge in [-0.15, -0.1) is 0 Å². The second kappa shape index (κ2) is 7.15. The minimum absolute atomic E-state index is 0.789. The van der Waals surface area contributed by atoms with Gasteiger partial charge in [0.25, 0.3) is 0 Å². The highest BCUT2D eigenvalue weighted by Crippen LogP contribution is 2.22. The second-order valence-electron chi connectivity index (χ2n) is 5.24. The first-order valence-corrected chi connectivity index (χ1v) is 7.24. The number of aryl methyl sites for hydroxylation is 1. The summed E-state index contributed by atoms with van der Waals surface area (Å²) in [6.07, 6.45) is 2.88. The van der Waals surface area contributed by atoms with Crippen LogP contribution in [-0.2, 0) is 13.1 Å². The van der Waals surface area contributed by atoms with Crippen LogP contribution in [0.4, 0.5) is 5.69 Å². The molecule has 0 saturated carbocycles. The fourth-order valence-corrected chi connectivity index (χ4v) is 2.35. The van der Waals surface area contributed by atoms with Crippen molar-refractivity contribution < 1.29 is 4.42 Å². The third kappa shape index (κ3) is 3.87. The Morgan fingerprint density at radius 1 is 1.25 bits per heavy atom. The molecule has 0 fully saturated rings. The Hall–Kier alpha value is -1.74. The number of nitrogens with zero attached hydrogens (tertiary/aromatic N) is 1. The van der Waals surface area contributed by atoms with E-state index in [2.05, 4.69) is 49.3 Å². The van der Waals surface area contributed by atoms with Crippen molar-refractivity contribution in [3.05, 3.63) is 53.5 Å². The van der Waals surface area contributed by atoms with Crippen LogP contribution in [-0.4, -0.2) is 13.6 Å². The summed E-state index contributed by atoms with van der Waals surface area (Å²) in [5, 5.41) is 3.48. The van der Waals surface area contributed by atoms with Crippen molar-refractivity contribution in [2.45, 2.75) is 33.4 Å². The molecule has 1 aromatic carbocycles. The van der Waals surface area contributed by atoms with Crippen molar-refractivity contribution in [1.82, 2.24) is 5.32 Å². The van der Waals surface area contributed by atoms with E-state index < -0.39 is 0 Å². The fraction of sp³-hybridized carbons (Fsp3) is 0.412. The lowest BCUT2D eigenvalue weighted by atomic mass is 10.1. The maximum Gasteiger partial charge on any atom is 0.123 e. The molecule has 0 bridgehead atoms. The predicted molar refractivity (Wildman–Crippen MR) is 84.0 cm³/mol. The van der Waals surface area contributed by atoms with Gasteiger partial charge in [0.2, 0.25) is 0 Å². The molecule has 0 amide bonds. The van der Waals surface area contributed by atoms with Gasteiger partial charge in [0.1, 0.15) is 5.76 Å². The number of hydrogen-bond acceptors (Lipinski definition) is 3. The van der Waals surface area contributed by atoms with Crippen LogP contribution in [0.2, 0.25) is 0 Å². The molecule has 0 radical (unpaired) electrons. The van der Waals surface area contributed by atoms with Gasteiger partial charge in [0, 0.05) is 19.3 Å². The molecule has 2 rings (SSSR count). The van der Waals surface area contributed by atoms with Crippen LogP contribution in [0.5, 0.6) is 0 Å². The van der Waals surface area contributed by atoms with Crippen LogP contribution < -0.4 is 10.2 Å². The van der Waals surface area contributed by atoms with Crippen LogP contribution in [0.1, 0.15) is 30.2 Å². The normalized spacial score (nSPS) is 10.8. The van der Waals surface area contributed by atoms with E-state index in [0.29, 0.717) is 0 Å². The highest BCUT2D eigenvalue weighted by molar-refractivity contribution is 5.54. The van der Waals surface area contributed by atoms with Crippen molar-refractivity contribution in [2.24, 2.45) is 0 Å². The molecule has 0 atom stereocenters. The van der Waals surface area contributed by atoms with Gasteiger partial charge < -0.3 is 14.6 Å². The monoisotopic (exact) mass is 272 g/mol. The van der Waals surface area contributed by atoms with Crippen LogP contribution in [0.15, 0.2) is 41.0 Å². The van der Waals surface area contributed by atoms with Gasteiger partial charge in [-0.05, 0) is 43.7 Å². The lowest BCUT2D eigenvalue weighted by Gasteiger charge is -2.22. The molecule has 0 unspecified atom stereocenters. The van der Waals surface area contributed by atoms with Crippen molar-refractivity contribution >= 4 is 5.69 Å². The zero-order valence-corrected chi connectivity index (χ0v) is 12.6. The molecular formula is C17H24N2O. The summed E-state index contributed by atoms with van der Waals surface area (Å²) >= 11 is 0. The highest BCUT2D eigenvalue weighted by Gasteiger charge is 2.09. The standard InChI is InChI=1S/C17H24N2O/c1-4-9-18-12-15-11-14(2)7-8-17(15)19(3)13-16-6-5-10-20-16/h5-8,10-11,18H,4,9,12-13H2,1-3H3. The van der Waals surface area contributed by atoms with E-state index in [9.17, 15) is 0 Å². The average molecular weight is 272 g/mol.